The van der Waals surface area contributed by atoms with Crippen LogP contribution in [0, 0.1) is 5.82 Å². The van der Waals surface area contributed by atoms with Crippen molar-refractivity contribution in [2.45, 2.75) is 31.9 Å². The van der Waals surface area contributed by atoms with Crippen LogP contribution in [0.4, 0.5) is 10.1 Å². The third-order valence-corrected chi connectivity index (χ3v) is 3.90. The summed E-state index contributed by atoms with van der Waals surface area (Å²) in [7, 11) is 1.64. The summed E-state index contributed by atoms with van der Waals surface area (Å²) in [5.74, 6) is 1.28. The summed E-state index contributed by atoms with van der Waals surface area (Å²) >= 11 is 0. The maximum absolute atomic E-state index is 13.2. The molecule has 22 heavy (non-hydrogen) atoms. The SMILES string of the molecule is COc1ccc(NCc2cccc(F)c2)cc1OC1CCC1. The molecule has 0 saturated heterocycles. The second kappa shape index (κ2) is 6.69. The van der Waals surface area contributed by atoms with Gasteiger partial charge in [0.25, 0.3) is 0 Å². The van der Waals surface area contributed by atoms with Gasteiger partial charge in [-0.2, -0.15) is 0 Å². The van der Waals surface area contributed by atoms with Crippen LogP contribution >= 0.6 is 0 Å². The summed E-state index contributed by atoms with van der Waals surface area (Å²) < 4.78 is 24.5. The lowest BCUT2D eigenvalue weighted by Gasteiger charge is -2.27. The van der Waals surface area contributed by atoms with Gasteiger partial charge in [0, 0.05) is 18.3 Å². The zero-order valence-corrected chi connectivity index (χ0v) is 12.6. The maximum atomic E-state index is 13.2. The molecule has 3 rings (SSSR count). The van der Waals surface area contributed by atoms with E-state index in [0.29, 0.717) is 12.6 Å². The second-order valence-corrected chi connectivity index (χ2v) is 5.52. The van der Waals surface area contributed by atoms with E-state index in [1.807, 2.05) is 24.3 Å². The lowest BCUT2D eigenvalue weighted by Crippen LogP contribution is -2.24. The molecular formula is C18H20FNO2. The standard InChI is InChI=1S/C18H20FNO2/c1-21-17-9-8-15(11-18(17)22-16-6-3-7-16)20-12-13-4-2-5-14(19)10-13/h2,4-5,8-11,16,20H,3,6-7,12H2,1H3. The van der Waals surface area contributed by atoms with Crippen molar-refractivity contribution in [2.75, 3.05) is 12.4 Å². The Kier molecular flexibility index (Phi) is 4.47. The molecule has 1 N–H and O–H groups in total. The van der Waals surface area contributed by atoms with Crippen LogP contribution in [0.25, 0.3) is 0 Å². The highest BCUT2D eigenvalue weighted by atomic mass is 19.1. The highest BCUT2D eigenvalue weighted by molar-refractivity contribution is 5.55. The van der Waals surface area contributed by atoms with E-state index in [0.717, 1.165) is 35.6 Å². The average Bonchev–Trinajstić information content (AvgIpc) is 2.49. The number of hydrogen-bond acceptors (Lipinski definition) is 3. The Balaban J connectivity index is 1.69. The lowest BCUT2D eigenvalue weighted by molar-refractivity contribution is 0.116. The van der Waals surface area contributed by atoms with Gasteiger partial charge in [0.15, 0.2) is 11.5 Å². The summed E-state index contributed by atoms with van der Waals surface area (Å²) in [4.78, 5) is 0. The molecule has 1 fully saturated rings. The summed E-state index contributed by atoms with van der Waals surface area (Å²) in [5, 5.41) is 3.29. The van der Waals surface area contributed by atoms with Crippen LogP contribution in [0.15, 0.2) is 42.5 Å². The normalized spacial score (nSPS) is 14.3. The first-order valence-corrected chi connectivity index (χ1v) is 7.57. The molecular weight excluding hydrogens is 281 g/mol. The molecule has 1 saturated carbocycles. The summed E-state index contributed by atoms with van der Waals surface area (Å²) in [5.41, 5.74) is 1.83. The van der Waals surface area contributed by atoms with Crippen LogP contribution in [-0.2, 0) is 6.54 Å². The Morgan fingerprint density at radius 3 is 2.68 bits per heavy atom. The van der Waals surface area contributed by atoms with Gasteiger partial charge in [-0.15, -0.1) is 0 Å². The van der Waals surface area contributed by atoms with Crippen molar-refractivity contribution < 1.29 is 13.9 Å². The van der Waals surface area contributed by atoms with Crippen LogP contribution in [0.2, 0.25) is 0 Å². The first kappa shape index (κ1) is 14.7. The van der Waals surface area contributed by atoms with Crippen molar-refractivity contribution in [3.63, 3.8) is 0 Å². The van der Waals surface area contributed by atoms with Gasteiger partial charge in [-0.25, -0.2) is 4.39 Å². The van der Waals surface area contributed by atoms with E-state index in [4.69, 9.17) is 9.47 Å². The maximum Gasteiger partial charge on any atom is 0.163 e. The van der Waals surface area contributed by atoms with Gasteiger partial charge < -0.3 is 14.8 Å². The number of hydrogen-bond donors (Lipinski definition) is 1. The number of halogens is 1. The minimum Gasteiger partial charge on any atom is -0.493 e. The molecule has 0 heterocycles. The fourth-order valence-electron chi connectivity index (χ4n) is 2.40. The molecule has 3 nitrogen and oxygen atoms in total. The summed E-state index contributed by atoms with van der Waals surface area (Å²) in [6, 6.07) is 12.4. The number of anilines is 1. The second-order valence-electron chi connectivity index (χ2n) is 5.52. The van der Waals surface area contributed by atoms with Crippen molar-refractivity contribution >= 4 is 5.69 Å². The Morgan fingerprint density at radius 2 is 2.00 bits per heavy atom. The number of rotatable bonds is 6. The quantitative estimate of drug-likeness (QED) is 0.859. The first-order valence-electron chi connectivity index (χ1n) is 7.57. The minimum atomic E-state index is -0.219. The van der Waals surface area contributed by atoms with E-state index in [1.165, 1.54) is 18.6 Å². The van der Waals surface area contributed by atoms with Crippen molar-refractivity contribution in [2.24, 2.45) is 0 Å². The number of benzene rings is 2. The molecule has 0 aliphatic heterocycles. The van der Waals surface area contributed by atoms with Gasteiger partial charge in [0.2, 0.25) is 0 Å². The van der Waals surface area contributed by atoms with Gasteiger partial charge in [-0.1, -0.05) is 12.1 Å². The van der Waals surface area contributed by atoms with Crippen LogP contribution in [0.5, 0.6) is 11.5 Å². The molecule has 0 bridgehead atoms. The molecule has 2 aromatic rings. The Labute approximate surface area is 130 Å². The molecule has 0 radical (unpaired) electrons. The summed E-state index contributed by atoms with van der Waals surface area (Å²) in [6.45, 7) is 0.562. The molecule has 116 valence electrons. The third-order valence-electron chi connectivity index (χ3n) is 3.90. The van der Waals surface area contributed by atoms with Gasteiger partial charge >= 0.3 is 0 Å². The first-order chi connectivity index (χ1) is 10.7. The van der Waals surface area contributed by atoms with E-state index >= 15 is 0 Å². The van der Waals surface area contributed by atoms with Crippen LogP contribution in [0.3, 0.4) is 0 Å². The number of ether oxygens (including phenoxy) is 2. The highest BCUT2D eigenvalue weighted by Gasteiger charge is 2.20. The van der Waals surface area contributed by atoms with E-state index in [-0.39, 0.29) is 5.82 Å². The van der Waals surface area contributed by atoms with Gasteiger partial charge in [-0.3, -0.25) is 0 Å². The molecule has 0 amide bonds. The molecule has 1 aliphatic rings. The molecule has 1 aliphatic carbocycles. The fourth-order valence-corrected chi connectivity index (χ4v) is 2.40. The minimum absolute atomic E-state index is 0.219. The lowest BCUT2D eigenvalue weighted by atomic mass is 9.96. The van der Waals surface area contributed by atoms with Crippen molar-refractivity contribution in [1.82, 2.24) is 0 Å². The number of nitrogens with one attached hydrogen (secondary N) is 1. The van der Waals surface area contributed by atoms with Crippen LogP contribution in [0.1, 0.15) is 24.8 Å². The number of methoxy groups -OCH3 is 1. The van der Waals surface area contributed by atoms with E-state index in [1.54, 1.807) is 13.2 Å². The highest BCUT2D eigenvalue weighted by Crippen LogP contribution is 2.34. The Hall–Kier alpha value is -2.23. The fraction of sp³-hybridized carbons (Fsp3) is 0.333. The van der Waals surface area contributed by atoms with E-state index in [9.17, 15) is 4.39 Å². The van der Waals surface area contributed by atoms with Gasteiger partial charge in [0.05, 0.1) is 13.2 Å². The Bertz CT molecular complexity index is 641. The van der Waals surface area contributed by atoms with Crippen molar-refractivity contribution in [3.05, 3.63) is 53.8 Å². The third kappa shape index (κ3) is 3.50. The Morgan fingerprint density at radius 1 is 1.14 bits per heavy atom. The van der Waals surface area contributed by atoms with Crippen molar-refractivity contribution in [3.8, 4) is 11.5 Å². The topological polar surface area (TPSA) is 30.5 Å². The van der Waals surface area contributed by atoms with Gasteiger partial charge in [0.1, 0.15) is 5.82 Å². The summed E-state index contributed by atoms with van der Waals surface area (Å²) in [6.07, 6.45) is 3.73. The zero-order valence-electron chi connectivity index (χ0n) is 12.6. The van der Waals surface area contributed by atoms with Crippen LogP contribution in [-0.4, -0.2) is 13.2 Å². The average molecular weight is 301 g/mol. The zero-order chi connectivity index (χ0) is 15.4. The van der Waals surface area contributed by atoms with E-state index in [2.05, 4.69) is 5.32 Å². The molecule has 4 heteroatoms. The van der Waals surface area contributed by atoms with Gasteiger partial charge in [-0.05, 0) is 49.1 Å². The molecule has 0 unspecified atom stereocenters. The molecule has 0 spiro atoms. The monoisotopic (exact) mass is 301 g/mol. The van der Waals surface area contributed by atoms with Crippen molar-refractivity contribution in [1.29, 1.82) is 0 Å². The molecule has 2 aromatic carbocycles. The largest absolute Gasteiger partial charge is 0.493 e. The predicted octanol–water partition coefficient (Wildman–Crippen LogP) is 4.38. The van der Waals surface area contributed by atoms with Crippen LogP contribution < -0.4 is 14.8 Å². The predicted molar refractivity (Wildman–Crippen MR) is 85.0 cm³/mol. The van der Waals surface area contributed by atoms with E-state index < -0.39 is 0 Å². The molecule has 0 atom stereocenters. The smallest absolute Gasteiger partial charge is 0.163 e. The molecule has 0 aromatic heterocycles.